The van der Waals surface area contributed by atoms with Gasteiger partial charge in [0.15, 0.2) is 0 Å². The number of hydrogen-bond acceptors (Lipinski definition) is 5. The molecule has 29 heavy (non-hydrogen) atoms. The lowest BCUT2D eigenvalue weighted by molar-refractivity contribution is -0.111. The molecule has 1 aliphatic rings. The molecule has 0 saturated carbocycles. The van der Waals surface area contributed by atoms with Crippen LogP contribution in [0.15, 0.2) is 12.3 Å². The highest BCUT2D eigenvalue weighted by molar-refractivity contribution is 7.17. The van der Waals surface area contributed by atoms with Gasteiger partial charge in [0, 0.05) is 28.8 Å². The summed E-state index contributed by atoms with van der Waals surface area (Å²) in [6, 6.07) is 0. The topological polar surface area (TPSA) is 73.2 Å². The van der Waals surface area contributed by atoms with Crippen LogP contribution in [0.2, 0.25) is 0 Å². The molecule has 2 heterocycles. The molecule has 0 aromatic carbocycles. The van der Waals surface area contributed by atoms with Crippen molar-refractivity contribution < 1.29 is 14.3 Å². The third-order valence-corrected chi connectivity index (χ3v) is 6.69. The van der Waals surface area contributed by atoms with Crippen LogP contribution >= 0.6 is 11.3 Å². The Balaban J connectivity index is 1.82. The Morgan fingerprint density at radius 1 is 1.38 bits per heavy atom. The number of aromatic nitrogens is 2. The van der Waals surface area contributed by atoms with Crippen LogP contribution in [0, 0.1) is 12.8 Å². The van der Waals surface area contributed by atoms with Crippen LogP contribution in [0.3, 0.4) is 0 Å². The number of fused-ring (bicyclic) bond motifs is 1. The van der Waals surface area contributed by atoms with E-state index in [0.717, 1.165) is 49.0 Å². The van der Waals surface area contributed by atoms with Crippen LogP contribution in [-0.2, 0) is 28.9 Å². The number of rotatable bonds is 7. The van der Waals surface area contributed by atoms with E-state index in [2.05, 4.69) is 17.3 Å². The third kappa shape index (κ3) is 4.61. The molecule has 0 bridgehead atoms. The first-order valence-electron chi connectivity index (χ1n) is 10.3. The zero-order valence-corrected chi connectivity index (χ0v) is 18.4. The molecule has 2 aromatic rings. The molecule has 7 heteroatoms. The summed E-state index contributed by atoms with van der Waals surface area (Å²) in [6.45, 7) is 9.10. The van der Waals surface area contributed by atoms with E-state index in [-0.39, 0.29) is 11.9 Å². The molecule has 3 rings (SSSR count). The van der Waals surface area contributed by atoms with Gasteiger partial charge >= 0.3 is 5.97 Å². The van der Waals surface area contributed by atoms with E-state index < -0.39 is 0 Å². The van der Waals surface area contributed by atoms with Crippen molar-refractivity contribution in [1.29, 1.82) is 0 Å². The first-order chi connectivity index (χ1) is 14.0. The number of esters is 1. The van der Waals surface area contributed by atoms with Crippen molar-refractivity contribution in [2.75, 3.05) is 11.9 Å². The van der Waals surface area contributed by atoms with Crippen LogP contribution in [0.4, 0.5) is 5.00 Å². The number of nitrogens with zero attached hydrogens (tertiary/aromatic N) is 2. The minimum atomic E-state index is -0.348. The van der Waals surface area contributed by atoms with Gasteiger partial charge in [-0.05, 0) is 57.6 Å². The molecule has 0 radical (unpaired) electrons. The van der Waals surface area contributed by atoms with Gasteiger partial charge in [-0.25, -0.2) is 4.79 Å². The Morgan fingerprint density at radius 3 is 2.83 bits per heavy atom. The Morgan fingerprint density at radius 2 is 2.17 bits per heavy atom. The van der Waals surface area contributed by atoms with Crippen molar-refractivity contribution in [1.82, 2.24) is 9.78 Å². The fourth-order valence-electron chi connectivity index (χ4n) is 3.77. The highest BCUT2D eigenvalue weighted by atomic mass is 32.1. The lowest BCUT2D eigenvalue weighted by Crippen LogP contribution is -2.16. The van der Waals surface area contributed by atoms with E-state index in [4.69, 9.17) is 4.74 Å². The summed E-state index contributed by atoms with van der Waals surface area (Å²) in [5.41, 5.74) is 3.51. The molecule has 156 valence electrons. The molecule has 0 saturated heterocycles. The highest BCUT2D eigenvalue weighted by Crippen LogP contribution is 2.40. The number of nitrogens with one attached hydrogen (secondary N) is 1. The quantitative estimate of drug-likeness (QED) is 0.529. The van der Waals surface area contributed by atoms with Crippen LogP contribution in [0.25, 0.3) is 6.08 Å². The Kier molecular flexibility index (Phi) is 6.90. The fourth-order valence-corrected chi connectivity index (χ4v) is 5.13. The second-order valence-corrected chi connectivity index (χ2v) is 8.37. The average Bonchev–Trinajstić information content (AvgIpc) is 3.25. The van der Waals surface area contributed by atoms with Crippen molar-refractivity contribution in [3.8, 4) is 0 Å². The van der Waals surface area contributed by atoms with E-state index in [9.17, 15) is 9.59 Å². The molecule has 0 fully saturated rings. The van der Waals surface area contributed by atoms with Crippen molar-refractivity contribution in [3.05, 3.63) is 39.5 Å². The van der Waals surface area contributed by atoms with Crippen molar-refractivity contribution >= 4 is 34.3 Å². The molecule has 1 aliphatic carbocycles. The van der Waals surface area contributed by atoms with Crippen molar-refractivity contribution in [2.24, 2.45) is 5.92 Å². The van der Waals surface area contributed by atoms with Gasteiger partial charge in [0.25, 0.3) is 0 Å². The number of thiophene rings is 1. The minimum Gasteiger partial charge on any atom is -0.462 e. The van der Waals surface area contributed by atoms with E-state index >= 15 is 0 Å². The lowest BCUT2D eigenvalue weighted by Gasteiger charge is -2.20. The molecule has 0 unspecified atom stereocenters. The number of amides is 1. The molecule has 6 nitrogen and oxygen atoms in total. The molecule has 0 spiro atoms. The highest BCUT2D eigenvalue weighted by Gasteiger charge is 2.29. The third-order valence-electron chi connectivity index (χ3n) is 5.52. The number of carbonyl (C=O) groups is 2. The SMILES string of the molecule is CCOC(=O)c1c(NC(=O)/C=C/c2cnn(CC)c2C)sc2c1CC[C@H](CC)C2. The molecule has 1 N–H and O–H groups in total. The molecule has 2 aromatic heterocycles. The van der Waals surface area contributed by atoms with Gasteiger partial charge in [0.05, 0.1) is 18.4 Å². The van der Waals surface area contributed by atoms with E-state index in [1.807, 2.05) is 18.5 Å². The molecule has 0 aliphatic heterocycles. The number of carbonyl (C=O) groups excluding carboxylic acids is 2. The first kappa shape index (κ1) is 21.3. The average molecular weight is 416 g/mol. The van der Waals surface area contributed by atoms with Crippen LogP contribution in [0.1, 0.15) is 65.7 Å². The van der Waals surface area contributed by atoms with Gasteiger partial charge in [-0.3, -0.25) is 9.48 Å². The molecule has 1 amide bonds. The Hall–Kier alpha value is -2.41. The summed E-state index contributed by atoms with van der Waals surface area (Å²) in [6.07, 6.45) is 9.02. The smallest absolute Gasteiger partial charge is 0.341 e. The summed E-state index contributed by atoms with van der Waals surface area (Å²) in [5.74, 6) is 0.0295. The van der Waals surface area contributed by atoms with Gasteiger partial charge in [0.2, 0.25) is 5.91 Å². The van der Waals surface area contributed by atoms with Gasteiger partial charge in [-0.15, -0.1) is 11.3 Å². The van der Waals surface area contributed by atoms with E-state index in [1.165, 1.54) is 22.3 Å². The zero-order valence-electron chi connectivity index (χ0n) is 17.6. The largest absolute Gasteiger partial charge is 0.462 e. The standard InChI is InChI=1S/C22H29N3O3S/c1-5-15-8-10-17-18(12-15)29-21(20(17)22(27)28-7-3)24-19(26)11-9-16-13-23-25(6-2)14(16)4/h9,11,13,15H,5-8,10,12H2,1-4H3,(H,24,26)/b11-9+/t15-/m0/s1. The van der Waals surface area contributed by atoms with Crippen molar-refractivity contribution in [3.63, 3.8) is 0 Å². The van der Waals surface area contributed by atoms with E-state index in [0.29, 0.717) is 23.1 Å². The summed E-state index contributed by atoms with van der Waals surface area (Å²) >= 11 is 1.51. The van der Waals surface area contributed by atoms with Gasteiger partial charge in [0.1, 0.15) is 5.00 Å². The van der Waals surface area contributed by atoms with Crippen LogP contribution < -0.4 is 5.32 Å². The summed E-state index contributed by atoms with van der Waals surface area (Å²) in [5, 5.41) is 7.80. The number of anilines is 1. The van der Waals surface area contributed by atoms with E-state index in [1.54, 1.807) is 19.2 Å². The maximum Gasteiger partial charge on any atom is 0.341 e. The molecule has 1 atom stereocenters. The number of aryl methyl sites for hydroxylation is 1. The van der Waals surface area contributed by atoms with Gasteiger partial charge in [-0.2, -0.15) is 5.10 Å². The van der Waals surface area contributed by atoms with Gasteiger partial charge in [-0.1, -0.05) is 13.3 Å². The van der Waals surface area contributed by atoms with Crippen molar-refractivity contribution in [2.45, 2.75) is 59.9 Å². The predicted molar refractivity (Wildman–Crippen MR) is 116 cm³/mol. The van der Waals surface area contributed by atoms with Gasteiger partial charge < -0.3 is 10.1 Å². The number of ether oxygens (including phenoxy) is 1. The monoisotopic (exact) mass is 415 g/mol. The summed E-state index contributed by atoms with van der Waals surface area (Å²) < 4.78 is 7.16. The predicted octanol–water partition coefficient (Wildman–Crippen LogP) is 4.62. The first-order valence-corrected chi connectivity index (χ1v) is 11.1. The zero-order chi connectivity index (χ0) is 21.0. The Bertz CT molecular complexity index is 926. The fraction of sp³-hybridized carbons (Fsp3) is 0.500. The maximum atomic E-state index is 12.6. The van der Waals surface area contributed by atoms with Crippen LogP contribution in [0.5, 0.6) is 0 Å². The Labute approximate surface area is 176 Å². The molecular formula is C22H29N3O3S. The second kappa shape index (κ2) is 9.39. The summed E-state index contributed by atoms with van der Waals surface area (Å²) in [7, 11) is 0. The molecular weight excluding hydrogens is 386 g/mol. The minimum absolute atomic E-state index is 0.259. The van der Waals surface area contributed by atoms with Crippen LogP contribution in [-0.4, -0.2) is 28.3 Å². The number of hydrogen-bond donors (Lipinski definition) is 1. The normalized spacial score (nSPS) is 16.1. The lowest BCUT2D eigenvalue weighted by atomic mass is 9.85. The summed E-state index contributed by atoms with van der Waals surface area (Å²) in [4.78, 5) is 26.4. The maximum absolute atomic E-state index is 12.6. The second-order valence-electron chi connectivity index (χ2n) is 7.27.